The van der Waals surface area contributed by atoms with Crippen LogP contribution in [0.2, 0.25) is 0 Å². The summed E-state index contributed by atoms with van der Waals surface area (Å²) < 4.78 is 6.79. The molecule has 0 aliphatic carbocycles. The average molecular weight is 258 g/mol. The van der Waals surface area contributed by atoms with Crippen molar-refractivity contribution in [1.29, 1.82) is 0 Å². The molecule has 4 nitrogen and oxygen atoms in total. The van der Waals surface area contributed by atoms with E-state index < -0.39 is 0 Å². The van der Waals surface area contributed by atoms with Crippen LogP contribution >= 0.6 is 0 Å². The maximum Gasteiger partial charge on any atom is 0.309 e. The molecule has 2 rings (SSSR count). The number of nitrogens with two attached hydrogens (primary N) is 1. The van der Waals surface area contributed by atoms with Gasteiger partial charge in [0.2, 0.25) is 0 Å². The zero-order valence-corrected chi connectivity index (χ0v) is 11.0. The molecule has 0 saturated heterocycles. The van der Waals surface area contributed by atoms with Crippen LogP contribution in [0.5, 0.6) is 0 Å². The van der Waals surface area contributed by atoms with E-state index >= 15 is 0 Å². The number of benzene rings is 1. The zero-order valence-electron chi connectivity index (χ0n) is 11.0. The normalized spacial score (nSPS) is 10.4. The van der Waals surface area contributed by atoms with Crippen molar-refractivity contribution in [3.8, 4) is 0 Å². The minimum absolute atomic E-state index is 0.220. The second kappa shape index (κ2) is 6.20. The molecule has 0 aliphatic heterocycles. The lowest BCUT2D eigenvalue weighted by Crippen LogP contribution is -2.08. The topological polar surface area (TPSA) is 57.2 Å². The number of hydrogen-bond donors (Lipinski definition) is 1. The first-order valence-electron chi connectivity index (χ1n) is 6.21. The van der Waals surface area contributed by atoms with Gasteiger partial charge in [0, 0.05) is 25.5 Å². The van der Waals surface area contributed by atoms with Gasteiger partial charge in [-0.05, 0) is 22.8 Å². The van der Waals surface area contributed by atoms with E-state index in [0.717, 1.165) is 23.2 Å². The molecule has 0 radical (unpaired) electrons. The second-order valence-electron chi connectivity index (χ2n) is 4.42. The summed E-state index contributed by atoms with van der Waals surface area (Å²) in [7, 11) is 1.41. The van der Waals surface area contributed by atoms with Gasteiger partial charge >= 0.3 is 5.97 Å². The highest BCUT2D eigenvalue weighted by molar-refractivity contribution is 5.72. The fourth-order valence-corrected chi connectivity index (χ4v) is 2.02. The van der Waals surface area contributed by atoms with Gasteiger partial charge in [-0.25, -0.2) is 0 Å². The summed E-state index contributed by atoms with van der Waals surface area (Å²) in [4.78, 5) is 11.4. The Morgan fingerprint density at radius 1 is 1.26 bits per heavy atom. The molecular formula is C15H18N2O2. The van der Waals surface area contributed by atoms with E-state index in [9.17, 15) is 4.79 Å². The molecule has 1 heterocycles. The summed E-state index contributed by atoms with van der Waals surface area (Å²) in [5, 5.41) is 0. The summed E-state index contributed by atoms with van der Waals surface area (Å²) in [5.41, 5.74) is 8.81. The number of methoxy groups -OCH3 is 1. The second-order valence-corrected chi connectivity index (χ2v) is 4.42. The first-order chi connectivity index (χ1) is 9.22. The van der Waals surface area contributed by atoms with Crippen LogP contribution in [0.15, 0.2) is 42.7 Å². The van der Waals surface area contributed by atoms with Gasteiger partial charge in [0.05, 0.1) is 13.5 Å². The lowest BCUT2D eigenvalue weighted by Gasteiger charge is -2.09. The molecule has 0 bridgehead atoms. The molecule has 19 heavy (non-hydrogen) atoms. The van der Waals surface area contributed by atoms with Gasteiger partial charge in [-0.15, -0.1) is 0 Å². The minimum Gasteiger partial charge on any atom is -0.469 e. The minimum atomic E-state index is -0.220. The summed E-state index contributed by atoms with van der Waals surface area (Å²) in [5.74, 6) is -0.220. The van der Waals surface area contributed by atoms with Crippen LogP contribution in [-0.4, -0.2) is 17.6 Å². The van der Waals surface area contributed by atoms with E-state index in [4.69, 9.17) is 10.5 Å². The summed E-state index contributed by atoms with van der Waals surface area (Å²) in [6.07, 6.45) is 4.32. The smallest absolute Gasteiger partial charge is 0.309 e. The van der Waals surface area contributed by atoms with Crippen molar-refractivity contribution in [3.05, 3.63) is 59.4 Å². The molecule has 0 atom stereocenters. The van der Waals surface area contributed by atoms with Crippen molar-refractivity contribution in [2.45, 2.75) is 19.5 Å². The number of esters is 1. The molecule has 0 saturated carbocycles. The maximum atomic E-state index is 11.4. The highest BCUT2D eigenvalue weighted by atomic mass is 16.5. The standard InChI is InChI=1S/C15H18N2O2/c1-19-15(18)8-13-4-2-3-5-14(13)11-17-7-6-12(9-16)10-17/h2-7,10H,8-9,11,16H2,1H3. The number of aromatic nitrogens is 1. The molecular weight excluding hydrogens is 240 g/mol. The summed E-state index contributed by atoms with van der Waals surface area (Å²) >= 11 is 0. The Hall–Kier alpha value is -2.07. The average Bonchev–Trinajstić information content (AvgIpc) is 2.88. The van der Waals surface area contributed by atoms with Gasteiger partial charge < -0.3 is 15.0 Å². The van der Waals surface area contributed by atoms with E-state index in [-0.39, 0.29) is 5.97 Å². The Bertz CT molecular complexity index is 561. The molecule has 4 heteroatoms. The molecule has 100 valence electrons. The van der Waals surface area contributed by atoms with E-state index in [0.29, 0.717) is 13.0 Å². The predicted octanol–water partition coefficient (Wildman–Crippen LogP) is 1.71. The third-order valence-electron chi connectivity index (χ3n) is 3.08. The molecule has 0 spiro atoms. The monoisotopic (exact) mass is 258 g/mol. The van der Waals surface area contributed by atoms with Gasteiger partial charge in [0.1, 0.15) is 0 Å². The number of ether oxygens (including phenoxy) is 1. The van der Waals surface area contributed by atoms with Crippen LogP contribution in [0.1, 0.15) is 16.7 Å². The quantitative estimate of drug-likeness (QED) is 0.831. The fraction of sp³-hybridized carbons (Fsp3) is 0.267. The summed E-state index contributed by atoms with van der Waals surface area (Å²) in [6, 6.07) is 9.90. The Morgan fingerprint density at radius 2 is 2.00 bits per heavy atom. The Balaban J connectivity index is 2.17. The Kier molecular flexibility index (Phi) is 4.36. The number of carbonyl (C=O) groups is 1. The van der Waals surface area contributed by atoms with Gasteiger partial charge in [0.25, 0.3) is 0 Å². The molecule has 2 aromatic rings. The van der Waals surface area contributed by atoms with E-state index in [1.54, 1.807) is 0 Å². The molecule has 0 aliphatic rings. The largest absolute Gasteiger partial charge is 0.469 e. The highest BCUT2D eigenvalue weighted by Crippen LogP contribution is 2.13. The number of rotatable bonds is 5. The Morgan fingerprint density at radius 3 is 2.63 bits per heavy atom. The third-order valence-corrected chi connectivity index (χ3v) is 3.08. The number of carbonyl (C=O) groups excluding carboxylic acids is 1. The third kappa shape index (κ3) is 3.45. The highest BCUT2D eigenvalue weighted by Gasteiger charge is 2.08. The van der Waals surface area contributed by atoms with Gasteiger partial charge in [-0.3, -0.25) is 4.79 Å². The van der Waals surface area contributed by atoms with Crippen LogP contribution in [0, 0.1) is 0 Å². The van der Waals surface area contributed by atoms with E-state index in [1.807, 2.05) is 42.7 Å². The predicted molar refractivity (Wildman–Crippen MR) is 73.6 cm³/mol. The lowest BCUT2D eigenvalue weighted by atomic mass is 10.0. The van der Waals surface area contributed by atoms with Gasteiger partial charge in [-0.1, -0.05) is 24.3 Å². The first-order valence-corrected chi connectivity index (χ1v) is 6.21. The van der Waals surface area contributed by atoms with Crippen molar-refractivity contribution >= 4 is 5.97 Å². The van der Waals surface area contributed by atoms with E-state index in [2.05, 4.69) is 4.57 Å². The molecule has 0 fully saturated rings. The van der Waals surface area contributed by atoms with Crippen molar-refractivity contribution in [2.75, 3.05) is 7.11 Å². The first kappa shape index (κ1) is 13.4. The Labute approximate surface area is 112 Å². The number of hydrogen-bond acceptors (Lipinski definition) is 3. The fourth-order valence-electron chi connectivity index (χ4n) is 2.02. The van der Waals surface area contributed by atoms with Crippen molar-refractivity contribution in [1.82, 2.24) is 4.57 Å². The zero-order chi connectivity index (χ0) is 13.7. The molecule has 0 amide bonds. The van der Waals surface area contributed by atoms with Crippen molar-refractivity contribution < 1.29 is 9.53 Å². The van der Waals surface area contributed by atoms with Crippen molar-refractivity contribution in [2.24, 2.45) is 5.73 Å². The van der Waals surface area contributed by atoms with Crippen LogP contribution in [0.3, 0.4) is 0 Å². The lowest BCUT2D eigenvalue weighted by molar-refractivity contribution is -0.139. The van der Waals surface area contributed by atoms with Crippen LogP contribution in [-0.2, 0) is 29.0 Å². The number of nitrogens with zero attached hydrogens (tertiary/aromatic N) is 1. The molecule has 0 unspecified atom stereocenters. The van der Waals surface area contributed by atoms with Crippen LogP contribution in [0.25, 0.3) is 0 Å². The van der Waals surface area contributed by atoms with Crippen LogP contribution in [0.4, 0.5) is 0 Å². The SMILES string of the molecule is COC(=O)Cc1ccccc1Cn1ccc(CN)c1. The molecule has 1 aromatic carbocycles. The molecule has 1 aromatic heterocycles. The molecule has 2 N–H and O–H groups in total. The van der Waals surface area contributed by atoms with Gasteiger partial charge in [-0.2, -0.15) is 0 Å². The van der Waals surface area contributed by atoms with Crippen molar-refractivity contribution in [3.63, 3.8) is 0 Å². The summed E-state index contributed by atoms with van der Waals surface area (Å²) in [6.45, 7) is 1.27. The van der Waals surface area contributed by atoms with Gasteiger partial charge in [0.15, 0.2) is 0 Å². The maximum absolute atomic E-state index is 11.4. The van der Waals surface area contributed by atoms with Crippen LogP contribution < -0.4 is 5.73 Å². The van der Waals surface area contributed by atoms with E-state index in [1.165, 1.54) is 7.11 Å².